The lowest BCUT2D eigenvalue weighted by Crippen LogP contribution is -2.23. The van der Waals surface area contributed by atoms with Crippen LogP contribution in [0.5, 0.6) is 0 Å². The molecule has 1 aliphatic rings. The fourth-order valence-corrected chi connectivity index (χ4v) is 4.52. The van der Waals surface area contributed by atoms with Gasteiger partial charge in [0.15, 0.2) is 5.82 Å². The predicted molar refractivity (Wildman–Crippen MR) is 128 cm³/mol. The smallest absolute Gasteiger partial charge is 0.231 e. The summed E-state index contributed by atoms with van der Waals surface area (Å²) in [5.74, 6) is 0.286. The highest BCUT2D eigenvalue weighted by molar-refractivity contribution is 6.42. The van der Waals surface area contributed by atoms with E-state index in [4.69, 9.17) is 28.9 Å². The summed E-state index contributed by atoms with van der Waals surface area (Å²) in [4.78, 5) is 13.1. The minimum Gasteiger partial charge on any atom is -0.365 e. The van der Waals surface area contributed by atoms with Gasteiger partial charge in [-0.1, -0.05) is 48.5 Å². The van der Waals surface area contributed by atoms with Crippen LogP contribution in [0.15, 0.2) is 36.4 Å². The molecule has 1 fully saturated rings. The Bertz CT molecular complexity index is 1060. The van der Waals surface area contributed by atoms with Crippen LogP contribution in [0.4, 0.5) is 11.5 Å². The van der Waals surface area contributed by atoms with Crippen LogP contribution in [0.2, 0.25) is 10.0 Å². The van der Waals surface area contributed by atoms with Crippen LogP contribution in [-0.2, 0) is 4.79 Å². The van der Waals surface area contributed by atoms with Crippen molar-refractivity contribution >= 4 is 51.5 Å². The van der Waals surface area contributed by atoms with Crippen LogP contribution in [0.25, 0.3) is 10.9 Å². The number of carbonyl (C=O) groups is 1. The van der Waals surface area contributed by atoms with Gasteiger partial charge in [0.1, 0.15) is 0 Å². The van der Waals surface area contributed by atoms with E-state index in [2.05, 4.69) is 20.8 Å². The van der Waals surface area contributed by atoms with E-state index in [1.807, 2.05) is 24.3 Å². The standard InChI is InChI=1S/C23H27Cl2N5O/c24-19-8-6-14(12-20(19)25)17(10-11-26)23(31)28-16-7-9-21-18(13-16)22(30-29-21)27-15-4-2-1-3-5-15/h6-9,12-13,15,17H,1-5,10-11,26H2,(H,28,31)(H2,27,29,30). The van der Waals surface area contributed by atoms with Crippen molar-refractivity contribution < 1.29 is 4.79 Å². The zero-order valence-corrected chi connectivity index (χ0v) is 18.8. The zero-order valence-electron chi connectivity index (χ0n) is 17.3. The van der Waals surface area contributed by atoms with Crippen molar-refractivity contribution in [3.05, 3.63) is 52.0 Å². The van der Waals surface area contributed by atoms with Crippen molar-refractivity contribution in [1.29, 1.82) is 0 Å². The quantitative estimate of drug-likeness (QED) is 0.365. The van der Waals surface area contributed by atoms with Crippen LogP contribution in [0.3, 0.4) is 0 Å². The number of hydrogen-bond donors (Lipinski definition) is 4. The van der Waals surface area contributed by atoms with Gasteiger partial charge in [0.25, 0.3) is 0 Å². The number of carbonyl (C=O) groups excluding carboxylic acids is 1. The Morgan fingerprint density at radius 2 is 1.94 bits per heavy atom. The molecule has 164 valence electrons. The molecule has 8 heteroatoms. The molecule has 1 atom stereocenters. The Hall–Kier alpha value is -2.28. The molecule has 1 aliphatic carbocycles. The maximum Gasteiger partial charge on any atom is 0.231 e. The molecule has 0 spiro atoms. The summed E-state index contributed by atoms with van der Waals surface area (Å²) in [7, 11) is 0. The number of H-pyrrole nitrogens is 1. The number of rotatable bonds is 7. The number of aromatic amines is 1. The fraction of sp³-hybridized carbons (Fsp3) is 0.391. The van der Waals surface area contributed by atoms with Crippen molar-refractivity contribution in [2.24, 2.45) is 5.73 Å². The van der Waals surface area contributed by atoms with Gasteiger partial charge in [-0.25, -0.2) is 0 Å². The van der Waals surface area contributed by atoms with Crippen molar-refractivity contribution in [3.63, 3.8) is 0 Å². The highest BCUT2D eigenvalue weighted by atomic mass is 35.5. The van der Waals surface area contributed by atoms with Crippen molar-refractivity contribution in [3.8, 4) is 0 Å². The summed E-state index contributed by atoms with van der Waals surface area (Å²) in [5, 5.41) is 16.0. The zero-order chi connectivity index (χ0) is 21.8. The summed E-state index contributed by atoms with van der Waals surface area (Å²) in [5.41, 5.74) is 8.21. The second-order valence-corrected chi connectivity index (χ2v) is 8.92. The van der Waals surface area contributed by atoms with E-state index in [0.717, 1.165) is 35.1 Å². The molecule has 1 unspecified atom stereocenters. The molecule has 1 heterocycles. The molecular formula is C23H27Cl2N5O. The molecule has 1 amide bonds. The first-order chi connectivity index (χ1) is 15.0. The number of halogens is 2. The minimum absolute atomic E-state index is 0.131. The lowest BCUT2D eigenvalue weighted by atomic mass is 9.94. The Kier molecular flexibility index (Phi) is 7.00. The minimum atomic E-state index is -0.417. The van der Waals surface area contributed by atoms with Crippen LogP contribution in [-0.4, -0.2) is 28.7 Å². The maximum absolute atomic E-state index is 13.1. The molecule has 31 heavy (non-hydrogen) atoms. The van der Waals surface area contributed by atoms with Crippen molar-refractivity contribution in [2.45, 2.75) is 50.5 Å². The molecule has 0 aliphatic heterocycles. The molecule has 2 aromatic carbocycles. The van der Waals surface area contributed by atoms with Crippen LogP contribution in [0, 0.1) is 0 Å². The van der Waals surface area contributed by atoms with Gasteiger partial charge in [-0.05, 0) is 61.7 Å². The number of anilines is 2. The number of amides is 1. The predicted octanol–water partition coefficient (Wildman–Crippen LogP) is 5.69. The molecule has 0 saturated heterocycles. The third kappa shape index (κ3) is 5.14. The molecule has 3 aromatic rings. The van der Waals surface area contributed by atoms with E-state index >= 15 is 0 Å². The summed E-state index contributed by atoms with van der Waals surface area (Å²) >= 11 is 12.2. The Morgan fingerprint density at radius 1 is 1.13 bits per heavy atom. The number of hydrogen-bond acceptors (Lipinski definition) is 4. The summed E-state index contributed by atoms with van der Waals surface area (Å²) < 4.78 is 0. The highest BCUT2D eigenvalue weighted by Gasteiger charge is 2.22. The maximum atomic E-state index is 13.1. The summed E-state index contributed by atoms with van der Waals surface area (Å²) in [6.07, 6.45) is 6.63. The lowest BCUT2D eigenvalue weighted by Gasteiger charge is -2.22. The van der Waals surface area contributed by atoms with Gasteiger partial charge in [-0.15, -0.1) is 0 Å². The van der Waals surface area contributed by atoms with Crippen LogP contribution < -0.4 is 16.4 Å². The largest absolute Gasteiger partial charge is 0.365 e. The van der Waals surface area contributed by atoms with E-state index in [9.17, 15) is 4.79 Å². The van der Waals surface area contributed by atoms with Gasteiger partial charge in [-0.2, -0.15) is 5.10 Å². The summed E-state index contributed by atoms with van der Waals surface area (Å²) in [6, 6.07) is 11.5. The first-order valence-corrected chi connectivity index (χ1v) is 11.5. The van der Waals surface area contributed by atoms with Gasteiger partial charge in [0, 0.05) is 17.1 Å². The number of nitrogens with two attached hydrogens (primary N) is 1. The molecule has 5 N–H and O–H groups in total. The van der Waals surface area contributed by atoms with Gasteiger partial charge in [-0.3, -0.25) is 9.89 Å². The van der Waals surface area contributed by atoms with Crippen LogP contribution >= 0.6 is 23.2 Å². The number of fused-ring (bicyclic) bond motifs is 1. The molecule has 6 nitrogen and oxygen atoms in total. The molecule has 4 rings (SSSR count). The van der Waals surface area contributed by atoms with E-state index in [-0.39, 0.29) is 5.91 Å². The Morgan fingerprint density at radius 3 is 2.68 bits per heavy atom. The van der Waals surface area contributed by atoms with Crippen molar-refractivity contribution in [1.82, 2.24) is 10.2 Å². The number of benzene rings is 2. The van der Waals surface area contributed by atoms with E-state index in [1.165, 1.54) is 19.3 Å². The fourth-order valence-electron chi connectivity index (χ4n) is 4.22. The number of aromatic nitrogens is 2. The van der Waals surface area contributed by atoms with Crippen molar-refractivity contribution in [2.75, 3.05) is 17.2 Å². The molecule has 0 radical (unpaired) electrons. The van der Waals surface area contributed by atoms with E-state index in [0.29, 0.717) is 34.7 Å². The van der Waals surface area contributed by atoms with Gasteiger partial charge < -0.3 is 16.4 Å². The third-order valence-electron chi connectivity index (χ3n) is 5.89. The monoisotopic (exact) mass is 459 g/mol. The van der Waals surface area contributed by atoms with Gasteiger partial charge in [0.05, 0.1) is 21.5 Å². The highest BCUT2D eigenvalue weighted by Crippen LogP contribution is 2.31. The van der Waals surface area contributed by atoms with Gasteiger partial charge in [0.2, 0.25) is 5.91 Å². The van der Waals surface area contributed by atoms with Crippen LogP contribution in [0.1, 0.15) is 50.0 Å². The Labute approximate surface area is 191 Å². The van der Waals surface area contributed by atoms with E-state index in [1.54, 1.807) is 12.1 Å². The molecule has 1 aromatic heterocycles. The second-order valence-electron chi connectivity index (χ2n) is 8.10. The SMILES string of the molecule is NCCC(C(=O)Nc1ccc2[nH]nc(NC3CCCCC3)c2c1)c1ccc(Cl)c(Cl)c1. The van der Waals surface area contributed by atoms with E-state index < -0.39 is 5.92 Å². The first-order valence-electron chi connectivity index (χ1n) is 10.8. The average Bonchev–Trinajstić information content (AvgIpc) is 3.17. The summed E-state index contributed by atoms with van der Waals surface area (Å²) in [6.45, 7) is 0.383. The average molecular weight is 460 g/mol. The Balaban J connectivity index is 1.53. The molecule has 1 saturated carbocycles. The second kappa shape index (κ2) is 9.90. The normalized spacial score (nSPS) is 15.7. The van der Waals surface area contributed by atoms with Gasteiger partial charge >= 0.3 is 0 Å². The topological polar surface area (TPSA) is 95.8 Å². The third-order valence-corrected chi connectivity index (χ3v) is 6.63. The number of nitrogens with one attached hydrogen (secondary N) is 3. The molecule has 0 bridgehead atoms. The lowest BCUT2D eigenvalue weighted by molar-refractivity contribution is -0.117. The molecular weight excluding hydrogens is 433 g/mol. The first kappa shape index (κ1) is 21.9. The number of nitrogens with zero attached hydrogens (tertiary/aromatic N) is 1.